The van der Waals surface area contributed by atoms with E-state index >= 15 is 0 Å². The van der Waals surface area contributed by atoms with E-state index in [1.807, 2.05) is 6.92 Å². The van der Waals surface area contributed by atoms with Crippen molar-refractivity contribution in [2.75, 3.05) is 30.3 Å². The maximum absolute atomic E-state index is 13.2. The molecule has 0 spiro atoms. The van der Waals surface area contributed by atoms with Crippen molar-refractivity contribution in [3.05, 3.63) is 76.7 Å². The first-order valence-corrected chi connectivity index (χ1v) is 13.8. The molecule has 5 rings (SSSR count). The molecule has 1 aliphatic heterocycles. The number of nitrogens with one attached hydrogen (secondary N) is 2. The van der Waals surface area contributed by atoms with Crippen molar-refractivity contribution in [3.63, 3.8) is 0 Å². The normalized spacial score (nSPS) is 15.8. The van der Waals surface area contributed by atoms with Gasteiger partial charge in [-0.05, 0) is 49.7 Å². The minimum Gasteiger partial charge on any atom is -0.376 e. The summed E-state index contributed by atoms with van der Waals surface area (Å²) in [5, 5.41) is 7.99. The Labute approximate surface area is 224 Å². The first-order valence-electron chi connectivity index (χ1n) is 11.6. The zero-order valence-electron chi connectivity index (χ0n) is 19.9. The van der Waals surface area contributed by atoms with Crippen LogP contribution >= 0.6 is 23.2 Å². The van der Waals surface area contributed by atoms with E-state index in [-0.39, 0.29) is 29.0 Å². The Morgan fingerprint density at radius 1 is 1.08 bits per heavy atom. The molecule has 1 aliphatic rings. The van der Waals surface area contributed by atoms with Gasteiger partial charge in [0.05, 0.1) is 16.8 Å². The van der Waals surface area contributed by atoms with Crippen LogP contribution in [0.15, 0.2) is 66.0 Å². The number of nitrogens with zero attached hydrogens (tertiary/aromatic N) is 4. The van der Waals surface area contributed by atoms with Gasteiger partial charge in [0.1, 0.15) is 12.1 Å². The molecular weight excluding hydrogens is 535 g/mol. The molecule has 9 nitrogen and oxygen atoms in total. The number of carbonyl (C=O) groups is 1. The van der Waals surface area contributed by atoms with Crippen molar-refractivity contribution in [1.82, 2.24) is 18.8 Å². The van der Waals surface area contributed by atoms with E-state index in [4.69, 9.17) is 23.2 Å². The van der Waals surface area contributed by atoms with Crippen molar-refractivity contribution in [1.29, 1.82) is 0 Å². The maximum atomic E-state index is 13.2. The van der Waals surface area contributed by atoms with Crippen LogP contribution in [-0.4, -0.2) is 58.8 Å². The van der Waals surface area contributed by atoms with Crippen LogP contribution in [0.4, 0.5) is 11.5 Å². The lowest BCUT2D eigenvalue weighted by molar-refractivity contribution is -0.128. The highest BCUT2D eigenvalue weighted by atomic mass is 35.5. The lowest BCUT2D eigenvalue weighted by atomic mass is 10.2. The fourth-order valence-corrected chi connectivity index (χ4v) is 6.13. The highest BCUT2D eigenvalue weighted by Crippen LogP contribution is 2.27. The summed E-state index contributed by atoms with van der Waals surface area (Å²) in [6, 6.07) is 13.4. The molecule has 0 aliphatic carbocycles. The third kappa shape index (κ3) is 5.36. The number of carbonyl (C=O) groups excluding carboxylic acids is 1. The van der Waals surface area contributed by atoms with Crippen molar-refractivity contribution < 1.29 is 13.2 Å². The van der Waals surface area contributed by atoms with E-state index in [1.54, 1.807) is 53.4 Å². The summed E-state index contributed by atoms with van der Waals surface area (Å²) < 4.78 is 27.6. The summed E-state index contributed by atoms with van der Waals surface area (Å²) in [6.07, 6.45) is 3.55. The van der Waals surface area contributed by atoms with Crippen LogP contribution < -0.4 is 10.6 Å². The molecule has 0 bridgehead atoms. The van der Waals surface area contributed by atoms with Crippen molar-refractivity contribution in [2.24, 2.45) is 0 Å². The molecule has 1 atom stereocenters. The Kier molecular flexibility index (Phi) is 6.98. The van der Waals surface area contributed by atoms with Crippen LogP contribution in [0.3, 0.4) is 0 Å². The Hall–Kier alpha value is -3.34. The molecule has 0 radical (unpaired) electrons. The highest BCUT2D eigenvalue weighted by Gasteiger charge is 2.27. The van der Waals surface area contributed by atoms with E-state index in [2.05, 4.69) is 20.6 Å². The molecule has 2 aromatic carbocycles. The number of hydrogen-bond donors (Lipinski definition) is 2. The lowest BCUT2D eigenvalue weighted by Crippen LogP contribution is -2.35. The Morgan fingerprint density at radius 2 is 1.81 bits per heavy atom. The molecule has 1 fully saturated rings. The Morgan fingerprint density at radius 3 is 2.54 bits per heavy atom. The molecule has 12 heteroatoms. The first kappa shape index (κ1) is 25.3. The average Bonchev–Trinajstić information content (AvgIpc) is 3.50. The molecule has 3 heterocycles. The predicted molar refractivity (Wildman–Crippen MR) is 145 cm³/mol. The number of aromatic nitrogens is 3. The van der Waals surface area contributed by atoms with Gasteiger partial charge in [0, 0.05) is 41.1 Å². The number of rotatable bonds is 7. The fourth-order valence-electron chi connectivity index (χ4n) is 4.30. The van der Waals surface area contributed by atoms with Crippen LogP contribution in [0.25, 0.3) is 11.0 Å². The third-order valence-electron chi connectivity index (χ3n) is 6.21. The largest absolute Gasteiger partial charge is 0.376 e. The SMILES string of the molecule is Cc1ccc(S(=O)(=O)n2ccc3c(N[C@H]4CCN(C(=O)CNc5cc(Cl)cc(Cl)c5)C4)ncnc32)cc1. The lowest BCUT2D eigenvalue weighted by Gasteiger charge is -2.18. The van der Waals surface area contributed by atoms with Crippen molar-refractivity contribution >= 4 is 61.7 Å². The first-order chi connectivity index (χ1) is 17.7. The molecule has 1 amide bonds. The van der Waals surface area contributed by atoms with Gasteiger partial charge in [-0.15, -0.1) is 0 Å². The molecule has 2 N–H and O–H groups in total. The number of anilines is 2. The zero-order valence-corrected chi connectivity index (χ0v) is 22.2. The molecule has 192 valence electrons. The molecule has 2 aromatic heterocycles. The van der Waals surface area contributed by atoms with E-state index in [9.17, 15) is 13.2 Å². The smallest absolute Gasteiger partial charge is 0.269 e. The number of likely N-dealkylation sites (tertiary alicyclic amines) is 1. The minimum absolute atomic E-state index is 0.0419. The number of halogens is 2. The van der Waals surface area contributed by atoms with Gasteiger partial charge in [0.2, 0.25) is 5.91 Å². The van der Waals surface area contributed by atoms with Gasteiger partial charge in [-0.3, -0.25) is 4.79 Å². The molecule has 4 aromatic rings. The summed E-state index contributed by atoms with van der Waals surface area (Å²) in [7, 11) is -3.82. The minimum atomic E-state index is -3.82. The van der Waals surface area contributed by atoms with Crippen LogP contribution in [-0.2, 0) is 14.8 Å². The summed E-state index contributed by atoms with van der Waals surface area (Å²) >= 11 is 12.0. The Bertz CT molecular complexity index is 1550. The number of hydrogen-bond acceptors (Lipinski definition) is 7. The molecule has 0 saturated carbocycles. The predicted octanol–water partition coefficient (Wildman–Crippen LogP) is 4.41. The second-order valence-corrected chi connectivity index (χ2v) is 11.6. The number of benzene rings is 2. The van der Waals surface area contributed by atoms with Gasteiger partial charge in [-0.2, -0.15) is 0 Å². The Balaban J connectivity index is 1.27. The van der Waals surface area contributed by atoms with Gasteiger partial charge in [0.25, 0.3) is 10.0 Å². The number of fused-ring (bicyclic) bond motifs is 1. The number of amides is 1. The van der Waals surface area contributed by atoms with Gasteiger partial charge in [0.15, 0.2) is 5.65 Å². The van der Waals surface area contributed by atoms with Gasteiger partial charge in [-0.1, -0.05) is 40.9 Å². The average molecular weight is 559 g/mol. The molecule has 0 unspecified atom stereocenters. The highest BCUT2D eigenvalue weighted by molar-refractivity contribution is 7.90. The quantitative estimate of drug-likeness (QED) is 0.345. The van der Waals surface area contributed by atoms with Crippen molar-refractivity contribution in [3.8, 4) is 0 Å². The van der Waals surface area contributed by atoms with E-state index in [0.717, 1.165) is 16.0 Å². The van der Waals surface area contributed by atoms with Gasteiger partial charge >= 0.3 is 0 Å². The zero-order chi connectivity index (χ0) is 26.2. The van der Waals surface area contributed by atoms with E-state index < -0.39 is 10.0 Å². The summed E-state index contributed by atoms with van der Waals surface area (Å²) in [5.74, 6) is 0.470. The van der Waals surface area contributed by atoms with Crippen LogP contribution in [0.2, 0.25) is 10.0 Å². The second kappa shape index (κ2) is 10.2. The topological polar surface area (TPSA) is 109 Å². The monoisotopic (exact) mass is 558 g/mol. The van der Waals surface area contributed by atoms with Gasteiger partial charge < -0.3 is 15.5 Å². The summed E-state index contributed by atoms with van der Waals surface area (Å²) in [6.45, 7) is 3.09. The van der Waals surface area contributed by atoms with Gasteiger partial charge in [-0.25, -0.2) is 22.4 Å². The van der Waals surface area contributed by atoms with E-state index in [1.165, 1.54) is 12.5 Å². The standard InChI is InChI=1S/C25H24Cl2N6O3S/c1-16-2-4-21(5-3-16)37(35,36)33-9-7-22-24(29-15-30-25(22)33)31-19-6-8-32(14-19)23(34)13-28-20-11-17(26)10-18(27)12-20/h2-5,7,9-12,15,19,28H,6,8,13-14H2,1H3,(H,29,30,31)/t19-/m0/s1. The maximum Gasteiger partial charge on any atom is 0.269 e. The fraction of sp³-hybridized carbons (Fsp3) is 0.240. The molecular formula is C25H24Cl2N6O3S. The van der Waals surface area contributed by atoms with Crippen LogP contribution in [0, 0.1) is 6.92 Å². The summed E-state index contributed by atoms with van der Waals surface area (Å²) in [5.41, 5.74) is 1.93. The van der Waals surface area contributed by atoms with E-state index in [0.29, 0.717) is 40.0 Å². The van der Waals surface area contributed by atoms with Crippen LogP contribution in [0.1, 0.15) is 12.0 Å². The molecule has 37 heavy (non-hydrogen) atoms. The third-order valence-corrected chi connectivity index (χ3v) is 8.33. The van der Waals surface area contributed by atoms with Crippen LogP contribution in [0.5, 0.6) is 0 Å². The molecule has 1 saturated heterocycles. The number of aryl methyl sites for hydroxylation is 1. The summed E-state index contributed by atoms with van der Waals surface area (Å²) in [4.78, 5) is 23.3. The van der Waals surface area contributed by atoms with Crippen molar-refractivity contribution in [2.45, 2.75) is 24.3 Å². The second-order valence-electron chi connectivity index (χ2n) is 8.87.